The summed E-state index contributed by atoms with van der Waals surface area (Å²) in [4.78, 5) is 10.9. The maximum Gasteiger partial charge on any atom is 0.156 e. The Labute approximate surface area is 61.3 Å². The molecule has 0 heterocycles. The van der Waals surface area contributed by atoms with E-state index in [1.165, 1.54) is 0 Å². The molecule has 10 heavy (non-hydrogen) atoms. The number of hydrogen-bond donors (Lipinski definition) is 1. The van der Waals surface area contributed by atoms with Crippen LogP contribution in [-0.2, 0) is 4.79 Å². The summed E-state index contributed by atoms with van der Waals surface area (Å²) < 4.78 is 0. The lowest BCUT2D eigenvalue weighted by Crippen LogP contribution is -2.26. The van der Waals surface area contributed by atoms with Gasteiger partial charge in [-0.3, -0.25) is 4.79 Å². The smallest absolute Gasteiger partial charge is 0.156 e. The maximum atomic E-state index is 10.9. The highest BCUT2D eigenvalue weighted by Gasteiger charge is 2.11. The Bertz CT molecular complexity index is 151. The summed E-state index contributed by atoms with van der Waals surface area (Å²) in [5.74, 6) is 0.247. The molecule has 0 aromatic rings. The Hall–Kier alpha value is -0.630. The first-order chi connectivity index (χ1) is 4.83. The number of ketones is 1. The molecule has 0 saturated heterocycles. The van der Waals surface area contributed by atoms with Crippen molar-refractivity contribution in [2.45, 2.75) is 25.3 Å². The van der Waals surface area contributed by atoms with Gasteiger partial charge in [0.15, 0.2) is 5.78 Å². The molecular formula is C8H13NO. The Morgan fingerprint density at radius 1 is 1.70 bits per heavy atom. The summed E-state index contributed by atoms with van der Waals surface area (Å²) in [6.07, 6.45) is 6.42. The molecule has 0 fully saturated rings. The van der Waals surface area contributed by atoms with Crippen molar-refractivity contribution in [2.24, 2.45) is 0 Å². The van der Waals surface area contributed by atoms with Crippen LogP contribution in [0.4, 0.5) is 0 Å². The summed E-state index contributed by atoms with van der Waals surface area (Å²) in [6.45, 7) is 0. The van der Waals surface area contributed by atoms with Gasteiger partial charge in [0.05, 0.1) is 0 Å². The minimum absolute atomic E-state index is 0.247. The van der Waals surface area contributed by atoms with Crippen LogP contribution in [0.2, 0.25) is 0 Å². The fourth-order valence-electron chi connectivity index (χ4n) is 1.17. The molecule has 0 bridgehead atoms. The van der Waals surface area contributed by atoms with Crippen molar-refractivity contribution >= 4 is 5.78 Å². The average Bonchev–Trinajstić information content (AvgIpc) is 2.13. The number of rotatable bonds is 1. The Morgan fingerprint density at radius 3 is 3.20 bits per heavy atom. The summed E-state index contributed by atoms with van der Waals surface area (Å²) in [6, 6.07) is 0.391. The highest BCUT2D eigenvalue weighted by molar-refractivity contribution is 5.90. The van der Waals surface area contributed by atoms with E-state index in [-0.39, 0.29) is 5.78 Å². The van der Waals surface area contributed by atoms with Gasteiger partial charge in [0.2, 0.25) is 0 Å². The summed E-state index contributed by atoms with van der Waals surface area (Å²) in [5.41, 5.74) is 0. The van der Waals surface area contributed by atoms with Gasteiger partial charge >= 0.3 is 0 Å². The van der Waals surface area contributed by atoms with Crippen molar-refractivity contribution in [1.29, 1.82) is 0 Å². The SMILES string of the molecule is CNC1CCC=CC(=O)C1. The molecule has 2 heteroatoms. The van der Waals surface area contributed by atoms with E-state index in [4.69, 9.17) is 0 Å². The molecule has 1 unspecified atom stereocenters. The highest BCUT2D eigenvalue weighted by Crippen LogP contribution is 2.07. The van der Waals surface area contributed by atoms with Gasteiger partial charge in [0.1, 0.15) is 0 Å². The monoisotopic (exact) mass is 139 g/mol. The van der Waals surface area contributed by atoms with Gasteiger partial charge in [-0.05, 0) is 26.0 Å². The molecule has 56 valence electrons. The first kappa shape index (κ1) is 7.48. The topological polar surface area (TPSA) is 29.1 Å². The molecular weight excluding hydrogens is 126 g/mol. The van der Waals surface area contributed by atoms with E-state index in [1.807, 2.05) is 13.1 Å². The summed E-state index contributed by atoms with van der Waals surface area (Å²) in [7, 11) is 1.91. The Kier molecular flexibility index (Phi) is 2.63. The van der Waals surface area contributed by atoms with Gasteiger partial charge in [0.25, 0.3) is 0 Å². The second-order valence-electron chi connectivity index (χ2n) is 2.64. The Balaban J connectivity index is 2.47. The summed E-state index contributed by atoms with van der Waals surface area (Å²) in [5, 5.41) is 3.11. The molecule has 0 spiro atoms. The number of hydrogen-bond acceptors (Lipinski definition) is 2. The molecule has 1 aliphatic carbocycles. The van der Waals surface area contributed by atoms with Crippen LogP contribution in [0.15, 0.2) is 12.2 Å². The van der Waals surface area contributed by atoms with Crippen molar-refractivity contribution in [3.05, 3.63) is 12.2 Å². The van der Waals surface area contributed by atoms with Crippen molar-refractivity contribution in [3.63, 3.8) is 0 Å². The maximum absolute atomic E-state index is 10.9. The zero-order valence-corrected chi connectivity index (χ0v) is 6.26. The second kappa shape index (κ2) is 3.52. The molecule has 0 aromatic carbocycles. The molecule has 1 rings (SSSR count). The standard InChI is InChI=1S/C8H13NO/c1-9-7-4-2-3-5-8(10)6-7/h3,5,7,9H,2,4,6H2,1H3. The predicted octanol–water partition coefficient (Wildman–Crippen LogP) is 0.884. The number of allylic oxidation sites excluding steroid dienone is 2. The molecule has 1 atom stereocenters. The van der Waals surface area contributed by atoms with E-state index in [1.54, 1.807) is 6.08 Å². The number of carbonyl (C=O) groups is 1. The minimum atomic E-state index is 0.247. The zero-order valence-electron chi connectivity index (χ0n) is 6.26. The van der Waals surface area contributed by atoms with Crippen LogP contribution in [0, 0.1) is 0 Å². The van der Waals surface area contributed by atoms with Crippen LogP contribution in [0.1, 0.15) is 19.3 Å². The van der Waals surface area contributed by atoms with Crippen molar-refractivity contribution in [1.82, 2.24) is 5.32 Å². The molecule has 0 radical (unpaired) electrons. The Morgan fingerprint density at radius 2 is 2.50 bits per heavy atom. The lowest BCUT2D eigenvalue weighted by atomic mass is 10.1. The van der Waals surface area contributed by atoms with Crippen LogP contribution in [0.25, 0.3) is 0 Å². The van der Waals surface area contributed by atoms with Crippen LogP contribution in [0.5, 0.6) is 0 Å². The normalized spacial score (nSPS) is 26.5. The van der Waals surface area contributed by atoms with E-state index in [0.717, 1.165) is 12.8 Å². The molecule has 0 aliphatic heterocycles. The van der Waals surface area contributed by atoms with Crippen LogP contribution < -0.4 is 5.32 Å². The quantitative estimate of drug-likeness (QED) is 0.584. The molecule has 1 aliphatic rings. The van der Waals surface area contributed by atoms with Gasteiger partial charge in [-0.2, -0.15) is 0 Å². The predicted molar refractivity (Wildman–Crippen MR) is 40.8 cm³/mol. The first-order valence-electron chi connectivity index (χ1n) is 3.69. The van der Waals surface area contributed by atoms with Crippen LogP contribution in [-0.4, -0.2) is 18.9 Å². The lowest BCUT2D eigenvalue weighted by molar-refractivity contribution is -0.114. The van der Waals surface area contributed by atoms with Crippen LogP contribution in [0.3, 0.4) is 0 Å². The van der Waals surface area contributed by atoms with E-state index in [9.17, 15) is 4.79 Å². The molecule has 2 nitrogen and oxygen atoms in total. The van der Waals surface area contributed by atoms with E-state index < -0.39 is 0 Å². The minimum Gasteiger partial charge on any atom is -0.317 e. The van der Waals surface area contributed by atoms with Crippen molar-refractivity contribution < 1.29 is 4.79 Å². The number of nitrogens with one attached hydrogen (secondary N) is 1. The fourth-order valence-corrected chi connectivity index (χ4v) is 1.17. The van der Waals surface area contributed by atoms with Gasteiger partial charge in [-0.1, -0.05) is 6.08 Å². The van der Waals surface area contributed by atoms with Gasteiger partial charge < -0.3 is 5.32 Å². The molecule has 1 N–H and O–H groups in total. The van der Waals surface area contributed by atoms with Crippen molar-refractivity contribution in [3.8, 4) is 0 Å². The van der Waals surface area contributed by atoms with E-state index in [2.05, 4.69) is 5.32 Å². The fraction of sp³-hybridized carbons (Fsp3) is 0.625. The molecule has 0 amide bonds. The van der Waals surface area contributed by atoms with E-state index >= 15 is 0 Å². The second-order valence-corrected chi connectivity index (χ2v) is 2.64. The van der Waals surface area contributed by atoms with E-state index in [0.29, 0.717) is 12.5 Å². The highest BCUT2D eigenvalue weighted by atomic mass is 16.1. The third-order valence-corrected chi connectivity index (χ3v) is 1.84. The third kappa shape index (κ3) is 1.95. The number of carbonyl (C=O) groups excluding carboxylic acids is 1. The van der Waals surface area contributed by atoms with Gasteiger partial charge in [0, 0.05) is 12.5 Å². The molecule has 0 aromatic heterocycles. The lowest BCUT2D eigenvalue weighted by Gasteiger charge is -2.10. The molecule has 0 saturated carbocycles. The van der Waals surface area contributed by atoms with Gasteiger partial charge in [-0.15, -0.1) is 0 Å². The van der Waals surface area contributed by atoms with Crippen molar-refractivity contribution in [2.75, 3.05) is 7.05 Å². The van der Waals surface area contributed by atoms with Crippen LogP contribution >= 0.6 is 0 Å². The largest absolute Gasteiger partial charge is 0.317 e. The van der Waals surface area contributed by atoms with Gasteiger partial charge in [-0.25, -0.2) is 0 Å². The third-order valence-electron chi connectivity index (χ3n) is 1.84. The average molecular weight is 139 g/mol. The zero-order chi connectivity index (χ0) is 7.40. The first-order valence-corrected chi connectivity index (χ1v) is 3.69. The summed E-state index contributed by atoms with van der Waals surface area (Å²) >= 11 is 0.